The number of halogens is 2. The van der Waals surface area contributed by atoms with Crippen LogP contribution in [-0.4, -0.2) is 13.1 Å². The van der Waals surface area contributed by atoms with Gasteiger partial charge in [-0.3, -0.25) is 0 Å². The molecule has 0 fully saturated rings. The molecule has 0 saturated carbocycles. The molecule has 4 rings (SSSR count). The van der Waals surface area contributed by atoms with Gasteiger partial charge in [0, 0.05) is 11.6 Å². The van der Waals surface area contributed by atoms with Gasteiger partial charge in [0.05, 0.1) is 28.8 Å². The molecule has 2 aromatic rings. The number of benzene rings is 2. The van der Waals surface area contributed by atoms with Gasteiger partial charge in [0.25, 0.3) is 0 Å². The van der Waals surface area contributed by atoms with E-state index in [1.807, 2.05) is 30.3 Å². The summed E-state index contributed by atoms with van der Waals surface area (Å²) in [6.45, 7) is 0. The summed E-state index contributed by atoms with van der Waals surface area (Å²) in [6, 6.07) is 11.6. The maximum atomic E-state index is 11.9. The molecule has 0 amide bonds. The first-order chi connectivity index (χ1) is 12.1. The van der Waals surface area contributed by atoms with E-state index >= 15 is 0 Å². The third-order valence-corrected chi connectivity index (χ3v) is 5.83. The van der Waals surface area contributed by atoms with E-state index in [0.717, 1.165) is 23.2 Å². The normalized spacial score (nSPS) is 23.6. The molecule has 3 atom stereocenters. The maximum absolute atomic E-state index is 11.9. The van der Waals surface area contributed by atoms with E-state index in [2.05, 4.69) is 17.5 Å². The molecular weight excluding hydrogens is 357 g/mol. The standard InChI is InChI=1S/C20H17Cl2NO2/c1-25-20(24)12-6-8-18-15(9-12)13-3-2-4-14(13)19(23-18)11-5-7-16(21)17(22)10-11/h2-3,5-10,13-14,19,23H,4H2,1H3/t13-,14-,19-/m1/s1. The van der Waals surface area contributed by atoms with Crippen molar-refractivity contribution in [2.75, 3.05) is 12.4 Å². The van der Waals surface area contributed by atoms with Crippen LogP contribution < -0.4 is 5.32 Å². The largest absolute Gasteiger partial charge is 0.465 e. The number of carbonyl (C=O) groups excluding carboxylic acids is 1. The molecule has 5 heteroatoms. The molecule has 1 N–H and O–H groups in total. The number of rotatable bonds is 2. The van der Waals surface area contributed by atoms with Crippen LogP contribution in [0, 0.1) is 5.92 Å². The summed E-state index contributed by atoms with van der Waals surface area (Å²) >= 11 is 12.3. The second-order valence-electron chi connectivity index (χ2n) is 6.44. The molecule has 0 bridgehead atoms. The summed E-state index contributed by atoms with van der Waals surface area (Å²) in [7, 11) is 1.40. The van der Waals surface area contributed by atoms with Gasteiger partial charge in [-0.05, 0) is 53.8 Å². The lowest BCUT2D eigenvalue weighted by Crippen LogP contribution is -2.29. The van der Waals surface area contributed by atoms with Crippen LogP contribution >= 0.6 is 23.2 Å². The Morgan fingerprint density at radius 2 is 2.00 bits per heavy atom. The molecule has 128 valence electrons. The first-order valence-corrected chi connectivity index (χ1v) is 8.94. The predicted octanol–water partition coefficient (Wildman–Crippen LogP) is 5.61. The van der Waals surface area contributed by atoms with Crippen LogP contribution in [-0.2, 0) is 4.74 Å². The summed E-state index contributed by atoms with van der Waals surface area (Å²) in [5.41, 5.74) is 3.88. The monoisotopic (exact) mass is 373 g/mol. The van der Waals surface area contributed by atoms with Gasteiger partial charge in [-0.2, -0.15) is 0 Å². The average molecular weight is 374 g/mol. The van der Waals surface area contributed by atoms with Crippen molar-refractivity contribution in [2.45, 2.75) is 18.4 Å². The van der Waals surface area contributed by atoms with Crippen molar-refractivity contribution in [3.63, 3.8) is 0 Å². The van der Waals surface area contributed by atoms with Gasteiger partial charge in [0.1, 0.15) is 0 Å². The zero-order valence-electron chi connectivity index (χ0n) is 13.6. The maximum Gasteiger partial charge on any atom is 0.337 e. The SMILES string of the molecule is COC(=O)c1ccc2c(c1)[C@@H]1C=CC[C@H]1[C@@H](c1ccc(Cl)c(Cl)c1)N2. The number of carbonyl (C=O) groups is 1. The van der Waals surface area contributed by atoms with Gasteiger partial charge in [-0.25, -0.2) is 4.79 Å². The smallest absolute Gasteiger partial charge is 0.337 e. The number of esters is 1. The minimum absolute atomic E-state index is 0.145. The minimum Gasteiger partial charge on any atom is -0.465 e. The third-order valence-electron chi connectivity index (χ3n) is 5.09. The van der Waals surface area contributed by atoms with Crippen molar-refractivity contribution in [3.05, 3.63) is 75.3 Å². The molecule has 1 aliphatic heterocycles. The van der Waals surface area contributed by atoms with Gasteiger partial charge < -0.3 is 10.1 Å². The first kappa shape index (κ1) is 16.5. The van der Waals surface area contributed by atoms with Crippen LogP contribution in [0.4, 0.5) is 5.69 Å². The van der Waals surface area contributed by atoms with Gasteiger partial charge in [0.2, 0.25) is 0 Å². The molecule has 0 aromatic heterocycles. The topological polar surface area (TPSA) is 38.3 Å². The molecule has 3 nitrogen and oxygen atoms in total. The zero-order chi connectivity index (χ0) is 17.6. The number of ether oxygens (including phenoxy) is 1. The van der Waals surface area contributed by atoms with Crippen LogP contribution in [0.5, 0.6) is 0 Å². The summed E-state index contributed by atoms with van der Waals surface area (Å²) in [5.74, 6) is 0.325. The third kappa shape index (κ3) is 2.82. The van der Waals surface area contributed by atoms with Crippen LogP contribution in [0.1, 0.15) is 39.9 Å². The first-order valence-electron chi connectivity index (χ1n) is 8.19. The summed E-state index contributed by atoms with van der Waals surface area (Å²) < 4.78 is 4.85. The Morgan fingerprint density at radius 3 is 2.76 bits per heavy atom. The summed E-state index contributed by atoms with van der Waals surface area (Å²) in [6.07, 6.45) is 5.42. The Kier molecular flexibility index (Phi) is 4.22. The Morgan fingerprint density at radius 1 is 1.16 bits per heavy atom. The Bertz CT molecular complexity index is 878. The van der Waals surface area contributed by atoms with Crippen molar-refractivity contribution < 1.29 is 9.53 Å². The Hall–Kier alpha value is -1.97. The number of hydrogen-bond acceptors (Lipinski definition) is 3. The molecule has 2 aromatic carbocycles. The fourth-order valence-electron chi connectivity index (χ4n) is 3.88. The van der Waals surface area contributed by atoms with Gasteiger partial charge in [-0.15, -0.1) is 0 Å². The highest BCUT2D eigenvalue weighted by Gasteiger charge is 2.38. The van der Waals surface area contributed by atoms with E-state index < -0.39 is 0 Å². The van der Waals surface area contributed by atoms with Crippen molar-refractivity contribution in [2.24, 2.45) is 5.92 Å². The molecular formula is C20H17Cl2NO2. The summed E-state index contributed by atoms with van der Waals surface area (Å²) in [4.78, 5) is 11.9. The molecule has 0 spiro atoms. The fourth-order valence-corrected chi connectivity index (χ4v) is 4.18. The van der Waals surface area contributed by atoms with E-state index in [1.165, 1.54) is 7.11 Å². The van der Waals surface area contributed by atoms with Gasteiger partial charge in [0.15, 0.2) is 0 Å². The van der Waals surface area contributed by atoms with Crippen LogP contribution in [0.25, 0.3) is 0 Å². The van der Waals surface area contributed by atoms with Crippen molar-refractivity contribution >= 4 is 34.9 Å². The van der Waals surface area contributed by atoms with E-state index in [9.17, 15) is 4.79 Å². The molecule has 1 heterocycles. The lowest BCUT2D eigenvalue weighted by atomic mass is 9.76. The lowest BCUT2D eigenvalue weighted by molar-refractivity contribution is 0.0600. The number of nitrogens with one attached hydrogen (secondary N) is 1. The molecule has 0 unspecified atom stereocenters. The van der Waals surface area contributed by atoms with E-state index in [4.69, 9.17) is 27.9 Å². The highest BCUT2D eigenvalue weighted by Crippen LogP contribution is 2.50. The molecule has 0 radical (unpaired) electrons. The fraction of sp³-hybridized carbons (Fsp3) is 0.250. The van der Waals surface area contributed by atoms with Crippen molar-refractivity contribution in [3.8, 4) is 0 Å². The lowest BCUT2D eigenvalue weighted by Gasteiger charge is -2.37. The second-order valence-corrected chi connectivity index (χ2v) is 7.26. The molecule has 2 aliphatic rings. The van der Waals surface area contributed by atoms with Gasteiger partial charge in [-0.1, -0.05) is 41.4 Å². The quantitative estimate of drug-likeness (QED) is 0.549. The summed E-state index contributed by atoms with van der Waals surface area (Å²) in [5, 5.41) is 4.75. The number of anilines is 1. The van der Waals surface area contributed by atoms with Gasteiger partial charge >= 0.3 is 5.97 Å². The van der Waals surface area contributed by atoms with E-state index in [1.54, 1.807) is 6.07 Å². The van der Waals surface area contributed by atoms with E-state index in [-0.39, 0.29) is 17.9 Å². The minimum atomic E-state index is -0.312. The van der Waals surface area contributed by atoms with E-state index in [0.29, 0.717) is 21.5 Å². The highest BCUT2D eigenvalue weighted by molar-refractivity contribution is 6.42. The van der Waals surface area contributed by atoms with Crippen LogP contribution in [0.2, 0.25) is 10.0 Å². The highest BCUT2D eigenvalue weighted by atomic mass is 35.5. The Balaban J connectivity index is 1.75. The average Bonchev–Trinajstić information content (AvgIpc) is 3.12. The molecule has 1 aliphatic carbocycles. The molecule has 0 saturated heterocycles. The second kappa shape index (κ2) is 6.40. The number of hydrogen-bond donors (Lipinski definition) is 1. The number of methoxy groups -OCH3 is 1. The number of allylic oxidation sites excluding steroid dienone is 2. The van der Waals surface area contributed by atoms with Crippen LogP contribution in [0.15, 0.2) is 48.6 Å². The van der Waals surface area contributed by atoms with Crippen molar-refractivity contribution in [1.82, 2.24) is 0 Å². The van der Waals surface area contributed by atoms with Crippen molar-refractivity contribution in [1.29, 1.82) is 0 Å². The number of fused-ring (bicyclic) bond motifs is 3. The Labute approximate surface area is 156 Å². The van der Waals surface area contributed by atoms with Crippen LogP contribution in [0.3, 0.4) is 0 Å². The molecule has 25 heavy (non-hydrogen) atoms. The predicted molar refractivity (Wildman–Crippen MR) is 101 cm³/mol. The zero-order valence-corrected chi connectivity index (χ0v) is 15.1.